The summed E-state index contributed by atoms with van der Waals surface area (Å²) in [7, 11) is 0. The zero-order valence-corrected chi connectivity index (χ0v) is 11.3. The van der Waals surface area contributed by atoms with E-state index >= 15 is 0 Å². The Morgan fingerprint density at radius 1 is 1.05 bits per heavy atom. The first-order valence-corrected chi connectivity index (χ1v) is 7.19. The normalized spacial score (nSPS) is 35.6. The highest BCUT2D eigenvalue weighted by Crippen LogP contribution is 2.40. The number of hydrogen-bond acceptors (Lipinski definition) is 5. The quantitative estimate of drug-likeness (QED) is 0.795. The van der Waals surface area contributed by atoms with Crippen LogP contribution in [0.2, 0.25) is 0 Å². The number of piperidine rings is 1. The van der Waals surface area contributed by atoms with Crippen molar-refractivity contribution < 1.29 is 19.3 Å². The van der Waals surface area contributed by atoms with Gasteiger partial charge in [-0.25, -0.2) is 0 Å². The van der Waals surface area contributed by atoms with Gasteiger partial charge in [0.1, 0.15) is 13.2 Å². The van der Waals surface area contributed by atoms with Crippen LogP contribution in [0.1, 0.15) is 18.4 Å². The van der Waals surface area contributed by atoms with Gasteiger partial charge in [0, 0.05) is 12.1 Å². The van der Waals surface area contributed by atoms with Crippen molar-refractivity contribution in [1.82, 2.24) is 5.32 Å². The average molecular weight is 277 g/mol. The maximum absolute atomic E-state index is 11.1. The van der Waals surface area contributed by atoms with Gasteiger partial charge in [-0.15, -0.1) is 0 Å². The zero-order chi connectivity index (χ0) is 13.6. The van der Waals surface area contributed by atoms with Crippen LogP contribution in [0.25, 0.3) is 0 Å². The van der Waals surface area contributed by atoms with E-state index in [4.69, 9.17) is 14.2 Å². The van der Waals surface area contributed by atoms with E-state index < -0.39 is 5.60 Å². The minimum absolute atomic E-state index is 0.223. The van der Waals surface area contributed by atoms with E-state index in [0.29, 0.717) is 39.3 Å². The summed E-state index contributed by atoms with van der Waals surface area (Å²) < 4.78 is 16.7. The first-order chi connectivity index (χ1) is 9.73. The predicted octanol–water partition coefficient (Wildman–Crippen LogP) is 0.796. The summed E-state index contributed by atoms with van der Waals surface area (Å²) in [6.07, 6.45) is 1.34. The second kappa shape index (κ2) is 4.62. The van der Waals surface area contributed by atoms with Crippen molar-refractivity contribution in [2.45, 2.75) is 30.5 Å². The summed E-state index contributed by atoms with van der Waals surface area (Å²) in [6.45, 7) is 2.49. The van der Waals surface area contributed by atoms with Gasteiger partial charge in [0.15, 0.2) is 11.5 Å². The first kappa shape index (κ1) is 12.4. The smallest absolute Gasteiger partial charge is 0.161 e. The maximum Gasteiger partial charge on any atom is 0.161 e. The van der Waals surface area contributed by atoms with Gasteiger partial charge in [-0.3, -0.25) is 0 Å². The molecule has 0 saturated carbocycles. The molecule has 20 heavy (non-hydrogen) atoms. The lowest BCUT2D eigenvalue weighted by molar-refractivity contribution is -0.0803. The topological polar surface area (TPSA) is 60.0 Å². The zero-order valence-electron chi connectivity index (χ0n) is 11.3. The molecule has 2 N–H and O–H groups in total. The Hall–Kier alpha value is -1.30. The number of aliphatic hydroxyl groups is 1. The SMILES string of the molecule is OC1(c2ccc3c(c2)OCCO3)CC2COCC(C1)N2. The molecule has 108 valence electrons. The Bertz CT molecular complexity index is 507. The number of fused-ring (bicyclic) bond motifs is 3. The third-order valence-corrected chi connectivity index (χ3v) is 4.36. The molecule has 2 fully saturated rings. The molecule has 3 heterocycles. The van der Waals surface area contributed by atoms with Crippen LogP contribution in [0.3, 0.4) is 0 Å². The van der Waals surface area contributed by atoms with Gasteiger partial charge in [0.05, 0.1) is 18.8 Å². The van der Waals surface area contributed by atoms with Crippen LogP contribution in [0.15, 0.2) is 18.2 Å². The number of ether oxygens (including phenoxy) is 3. The summed E-state index contributed by atoms with van der Waals surface area (Å²) in [6, 6.07) is 6.23. The molecule has 1 aromatic carbocycles. The minimum Gasteiger partial charge on any atom is -0.486 e. The molecule has 0 aliphatic carbocycles. The van der Waals surface area contributed by atoms with Gasteiger partial charge < -0.3 is 24.6 Å². The summed E-state index contributed by atoms with van der Waals surface area (Å²) in [4.78, 5) is 0. The van der Waals surface area contributed by atoms with Crippen molar-refractivity contribution in [1.29, 1.82) is 0 Å². The average Bonchev–Trinajstić information content (AvgIpc) is 2.46. The fourth-order valence-electron chi connectivity index (χ4n) is 3.48. The van der Waals surface area contributed by atoms with Crippen molar-refractivity contribution in [3.05, 3.63) is 23.8 Å². The molecule has 1 aromatic rings. The molecule has 5 heteroatoms. The summed E-state index contributed by atoms with van der Waals surface area (Å²) in [5, 5.41) is 14.6. The lowest BCUT2D eigenvalue weighted by Crippen LogP contribution is -2.58. The van der Waals surface area contributed by atoms with E-state index in [2.05, 4.69) is 5.32 Å². The van der Waals surface area contributed by atoms with Crippen molar-refractivity contribution in [2.24, 2.45) is 0 Å². The van der Waals surface area contributed by atoms with E-state index in [1.807, 2.05) is 18.2 Å². The Balaban J connectivity index is 1.65. The molecule has 2 atom stereocenters. The van der Waals surface area contributed by atoms with E-state index in [1.54, 1.807) is 0 Å². The molecule has 4 rings (SSSR count). The molecule has 0 radical (unpaired) electrons. The van der Waals surface area contributed by atoms with Crippen LogP contribution in [0.4, 0.5) is 0 Å². The number of benzene rings is 1. The van der Waals surface area contributed by atoms with Gasteiger partial charge in [-0.05, 0) is 30.5 Å². The molecule has 0 aromatic heterocycles. The first-order valence-electron chi connectivity index (χ1n) is 7.19. The van der Waals surface area contributed by atoms with Crippen LogP contribution in [-0.2, 0) is 10.3 Å². The van der Waals surface area contributed by atoms with Crippen molar-refractivity contribution >= 4 is 0 Å². The van der Waals surface area contributed by atoms with E-state index in [0.717, 1.165) is 17.1 Å². The standard InChI is InChI=1S/C15H19NO4/c17-15(6-11-8-18-9-12(7-15)16-11)10-1-2-13-14(5-10)20-4-3-19-13/h1-2,5,11-12,16-17H,3-4,6-9H2. The molecule has 2 unspecified atom stereocenters. The molecule has 0 amide bonds. The van der Waals surface area contributed by atoms with Gasteiger partial charge in [-0.2, -0.15) is 0 Å². The van der Waals surface area contributed by atoms with Crippen LogP contribution in [0, 0.1) is 0 Å². The molecule has 3 aliphatic rings. The molecule has 3 aliphatic heterocycles. The lowest BCUT2D eigenvalue weighted by Gasteiger charge is -2.45. The summed E-state index contributed by atoms with van der Waals surface area (Å²) in [5.41, 5.74) is 0.111. The second-order valence-corrected chi connectivity index (χ2v) is 5.90. The maximum atomic E-state index is 11.1. The molecule has 5 nitrogen and oxygen atoms in total. The van der Waals surface area contributed by atoms with E-state index in [9.17, 15) is 5.11 Å². The molecule has 2 bridgehead atoms. The van der Waals surface area contributed by atoms with E-state index in [1.165, 1.54) is 0 Å². The molecule has 2 saturated heterocycles. The Morgan fingerprint density at radius 3 is 2.50 bits per heavy atom. The van der Waals surface area contributed by atoms with E-state index in [-0.39, 0.29) is 12.1 Å². The van der Waals surface area contributed by atoms with Crippen molar-refractivity contribution in [3.8, 4) is 11.5 Å². The van der Waals surface area contributed by atoms with Crippen molar-refractivity contribution in [3.63, 3.8) is 0 Å². The third-order valence-electron chi connectivity index (χ3n) is 4.36. The van der Waals surface area contributed by atoms with Gasteiger partial charge in [0.25, 0.3) is 0 Å². The highest BCUT2D eigenvalue weighted by atomic mass is 16.6. The lowest BCUT2D eigenvalue weighted by atomic mass is 9.78. The molecular formula is C15H19NO4. The minimum atomic E-state index is -0.805. The largest absolute Gasteiger partial charge is 0.486 e. The Kier molecular flexibility index (Phi) is 2.87. The Morgan fingerprint density at radius 2 is 1.75 bits per heavy atom. The van der Waals surface area contributed by atoms with Gasteiger partial charge in [-0.1, -0.05) is 6.07 Å². The number of nitrogens with one attached hydrogen (secondary N) is 1. The van der Waals surface area contributed by atoms with Crippen LogP contribution in [-0.4, -0.2) is 43.6 Å². The summed E-state index contributed by atoms with van der Waals surface area (Å²) in [5.74, 6) is 1.50. The fraction of sp³-hybridized carbons (Fsp3) is 0.600. The van der Waals surface area contributed by atoms with Crippen LogP contribution >= 0.6 is 0 Å². The Labute approximate surface area is 117 Å². The molecule has 0 spiro atoms. The van der Waals surface area contributed by atoms with Crippen molar-refractivity contribution in [2.75, 3.05) is 26.4 Å². The van der Waals surface area contributed by atoms with Crippen LogP contribution < -0.4 is 14.8 Å². The van der Waals surface area contributed by atoms with Gasteiger partial charge >= 0.3 is 0 Å². The molecular weight excluding hydrogens is 258 g/mol. The predicted molar refractivity (Wildman–Crippen MR) is 72.1 cm³/mol. The number of hydrogen-bond donors (Lipinski definition) is 2. The highest BCUT2D eigenvalue weighted by molar-refractivity contribution is 5.45. The summed E-state index contributed by atoms with van der Waals surface area (Å²) >= 11 is 0. The second-order valence-electron chi connectivity index (χ2n) is 5.90. The van der Waals surface area contributed by atoms with Crippen LogP contribution in [0.5, 0.6) is 11.5 Å². The highest BCUT2D eigenvalue weighted by Gasteiger charge is 2.42. The van der Waals surface area contributed by atoms with Gasteiger partial charge in [0.2, 0.25) is 0 Å². The number of rotatable bonds is 1. The monoisotopic (exact) mass is 277 g/mol. The third kappa shape index (κ3) is 2.06. The fourth-order valence-corrected chi connectivity index (χ4v) is 3.48. The number of morpholine rings is 1.